The highest BCUT2D eigenvalue weighted by molar-refractivity contribution is 5.94. The third-order valence-corrected chi connectivity index (χ3v) is 3.74. The van der Waals surface area contributed by atoms with Gasteiger partial charge in [-0.25, -0.2) is 9.97 Å². The SMILES string of the molecule is C[C@@H](CO)NC(=O)c1cc(-c2ccc(OC(F)(F)F)cc2)nc(-c2ccn[nH]2)n1. The number of rotatable bonds is 6. The minimum absolute atomic E-state index is 0.0236. The molecular weight excluding hydrogens is 391 g/mol. The van der Waals surface area contributed by atoms with Gasteiger partial charge in [-0.2, -0.15) is 5.10 Å². The fourth-order valence-electron chi connectivity index (χ4n) is 2.38. The number of aromatic nitrogens is 4. The number of aliphatic hydroxyl groups excluding tert-OH is 1. The topological polar surface area (TPSA) is 113 Å². The van der Waals surface area contributed by atoms with E-state index in [1.807, 2.05) is 0 Å². The minimum Gasteiger partial charge on any atom is -0.406 e. The van der Waals surface area contributed by atoms with Crippen LogP contribution in [0.15, 0.2) is 42.6 Å². The standard InChI is InChI=1S/C18H16F3N5O3/c1-10(9-27)23-17(28)15-8-14(24-16(25-15)13-6-7-22-26-13)11-2-4-12(5-3-11)29-18(19,20)21/h2-8,10,27H,9H2,1H3,(H,22,26)(H,23,28)/t10-/m0/s1. The summed E-state index contributed by atoms with van der Waals surface area (Å²) in [6, 6.07) is 7.59. The summed E-state index contributed by atoms with van der Waals surface area (Å²) in [5, 5.41) is 18.2. The van der Waals surface area contributed by atoms with Crippen molar-refractivity contribution in [3.05, 3.63) is 48.3 Å². The number of hydrogen-bond donors (Lipinski definition) is 3. The molecule has 0 fully saturated rings. The molecule has 0 spiro atoms. The molecule has 3 N–H and O–H groups in total. The first-order valence-corrected chi connectivity index (χ1v) is 8.42. The molecule has 0 saturated heterocycles. The van der Waals surface area contributed by atoms with Crippen LogP contribution in [0.5, 0.6) is 5.75 Å². The van der Waals surface area contributed by atoms with Crippen molar-refractivity contribution < 1.29 is 27.8 Å². The second-order valence-electron chi connectivity index (χ2n) is 6.06. The lowest BCUT2D eigenvalue weighted by molar-refractivity contribution is -0.274. The van der Waals surface area contributed by atoms with Crippen molar-refractivity contribution in [2.75, 3.05) is 6.61 Å². The van der Waals surface area contributed by atoms with Crippen molar-refractivity contribution in [3.63, 3.8) is 0 Å². The highest BCUT2D eigenvalue weighted by Gasteiger charge is 2.31. The molecule has 3 rings (SSSR count). The van der Waals surface area contributed by atoms with Crippen LogP contribution in [0.1, 0.15) is 17.4 Å². The fourth-order valence-corrected chi connectivity index (χ4v) is 2.38. The van der Waals surface area contributed by atoms with Gasteiger partial charge in [-0.05, 0) is 43.3 Å². The van der Waals surface area contributed by atoms with E-state index >= 15 is 0 Å². The van der Waals surface area contributed by atoms with Crippen LogP contribution in [0.3, 0.4) is 0 Å². The highest BCUT2D eigenvalue weighted by atomic mass is 19.4. The van der Waals surface area contributed by atoms with Gasteiger partial charge in [0.05, 0.1) is 12.3 Å². The summed E-state index contributed by atoms with van der Waals surface area (Å²) in [7, 11) is 0. The molecule has 29 heavy (non-hydrogen) atoms. The van der Waals surface area contributed by atoms with Gasteiger partial charge in [0.15, 0.2) is 5.82 Å². The molecule has 0 aliphatic carbocycles. The Morgan fingerprint density at radius 3 is 2.55 bits per heavy atom. The lowest BCUT2D eigenvalue weighted by Gasteiger charge is -2.12. The molecule has 1 atom stereocenters. The Labute approximate surface area is 162 Å². The average Bonchev–Trinajstić information content (AvgIpc) is 3.21. The average molecular weight is 407 g/mol. The number of aromatic amines is 1. The van der Waals surface area contributed by atoms with E-state index in [2.05, 4.69) is 30.2 Å². The lowest BCUT2D eigenvalue weighted by Crippen LogP contribution is -2.35. The molecule has 0 bridgehead atoms. The van der Waals surface area contributed by atoms with Gasteiger partial charge in [0.1, 0.15) is 17.1 Å². The van der Waals surface area contributed by atoms with Crippen LogP contribution in [0.25, 0.3) is 22.8 Å². The summed E-state index contributed by atoms with van der Waals surface area (Å²) in [6.45, 7) is 1.37. The zero-order chi connectivity index (χ0) is 21.0. The first kappa shape index (κ1) is 20.3. The maximum atomic E-state index is 12.4. The number of nitrogens with one attached hydrogen (secondary N) is 2. The molecule has 3 aromatic rings. The van der Waals surface area contributed by atoms with E-state index in [0.29, 0.717) is 17.0 Å². The van der Waals surface area contributed by atoms with E-state index in [-0.39, 0.29) is 23.9 Å². The Hall–Kier alpha value is -3.47. The predicted molar refractivity (Wildman–Crippen MR) is 95.7 cm³/mol. The Bertz CT molecular complexity index is 975. The Kier molecular flexibility index (Phi) is 5.78. The van der Waals surface area contributed by atoms with Gasteiger partial charge in [-0.3, -0.25) is 9.89 Å². The second-order valence-corrected chi connectivity index (χ2v) is 6.06. The third-order valence-electron chi connectivity index (χ3n) is 3.74. The minimum atomic E-state index is -4.79. The van der Waals surface area contributed by atoms with Crippen molar-refractivity contribution >= 4 is 5.91 Å². The van der Waals surface area contributed by atoms with E-state index in [1.54, 1.807) is 13.0 Å². The first-order chi connectivity index (χ1) is 13.7. The summed E-state index contributed by atoms with van der Waals surface area (Å²) < 4.78 is 40.9. The normalized spacial score (nSPS) is 12.4. The van der Waals surface area contributed by atoms with E-state index in [9.17, 15) is 18.0 Å². The number of hydrogen-bond acceptors (Lipinski definition) is 6. The van der Waals surface area contributed by atoms with Crippen LogP contribution in [-0.2, 0) is 0 Å². The van der Waals surface area contributed by atoms with Gasteiger partial charge >= 0.3 is 6.36 Å². The van der Waals surface area contributed by atoms with Gasteiger partial charge in [0, 0.05) is 17.8 Å². The molecule has 2 aromatic heterocycles. The fraction of sp³-hybridized carbons (Fsp3) is 0.222. The van der Waals surface area contributed by atoms with Crippen LogP contribution in [-0.4, -0.2) is 50.2 Å². The van der Waals surface area contributed by atoms with E-state index in [4.69, 9.17) is 5.11 Å². The van der Waals surface area contributed by atoms with Crippen LogP contribution in [0.2, 0.25) is 0 Å². The van der Waals surface area contributed by atoms with Crippen LogP contribution in [0, 0.1) is 0 Å². The number of H-pyrrole nitrogens is 1. The zero-order valence-corrected chi connectivity index (χ0v) is 15.1. The second kappa shape index (κ2) is 8.27. The molecule has 1 aromatic carbocycles. The Morgan fingerprint density at radius 2 is 1.97 bits per heavy atom. The van der Waals surface area contributed by atoms with E-state index in [1.165, 1.54) is 24.4 Å². The van der Waals surface area contributed by atoms with Gasteiger partial charge < -0.3 is 15.2 Å². The van der Waals surface area contributed by atoms with Crippen LogP contribution >= 0.6 is 0 Å². The van der Waals surface area contributed by atoms with E-state index in [0.717, 1.165) is 12.1 Å². The van der Waals surface area contributed by atoms with Crippen LogP contribution < -0.4 is 10.1 Å². The van der Waals surface area contributed by atoms with Gasteiger partial charge in [-0.15, -0.1) is 13.2 Å². The van der Waals surface area contributed by atoms with Crippen molar-refractivity contribution in [1.82, 2.24) is 25.5 Å². The number of aliphatic hydroxyl groups is 1. The Balaban J connectivity index is 1.98. The zero-order valence-electron chi connectivity index (χ0n) is 15.1. The molecule has 1 amide bonds. The van der Waals surface area contributed by atoms with Crippen molar-refractivity contribution in [2.24, 2.45) is 0 Å². The van der Waals surface area contributed by atoms with Gasteiger partial charge in [0.2, 0.25) is 0 Å². The summed E-state index contributed by atoms with van der Waals surface area (Å²) in [5.41, 5.74) is 1.24. The smallest absolute Gasteiger partial charge is 0.406 e. The molecule has 0 aliphatic rings. The van der Waals surface area contributed by atoms with Gasteiger partial charge in [-0.1, -0.05) is 0 Å². The van der Waals surface area contributed by atoms with Crippen LogP contribution in [0.4, 0.5) is 13.2 Å². The number of amides is 1. The Morgan fingerprint density at radius 1 is 1.24 bits per heavy atom. The molecule has 8 nitrogen and oxygen atoms in total. The van der Waals surface area contributed by atoms with Crippen molar-refractivity contribution in [1.29, 1.82) is 0 Å². The largest absolute Gasteiger partial charge is 0.573 e. The van der Waals surface area contributed by atoms with E-state index < -0.39 is 18.3 Å². The summed E-state index contributed by atoms with van der Waals surface area (Å²) in [4.78, 5) is 21.0. The number of alkyl halides is 3. The predicted octanol–water partition coefficient (Wildman–Crippen LogP) is 2.54. The third kappa shape index (κ3) is 5.29. The maximum absolute atomic E-state index is 12.4. The molecule has 0 unspecified atom stereocenters. The number of carbonyl (C=O) groups is 1. The molecule has 11 heteroatoms. The summed E-state index contributed by atoms with van der Waals surface area (Å²) in [5.74, 6) is -0.732. The molecule has 0 radical (unpaired) electrons. The van der Waals surface area contributed by atoms with Crippen molar-refractivity contribution in [3.8, 4) is 28.5 Å². The molecule has 0 saturated carbocycles. The summed E-state index contributed by atoms with van der Waals surface area (Å²) >= 11 is 0. The van der Waals surface area contributed by atoms with Crippen molar-refractivity contribution in [2.45, 2.75) is 19.3 Å². The molecule has 2 heterocycles. The first-order valence-electron chi connectivity index (χ1n) is 8.42. The summed E-state index contributed by atoms with van der Waals surface area (Å²) in [6.07, 6.45) is -3.30. The number of halogens is 3. The maximum Gasteiger partial charge on any atom is 0.573 e. The number of benzene rings is 1. The number of nitrogens with zero attached hydrogens (tertiary/aromatic N) is 3. The molecule has 0 aliphatic heterocycles. The molecule has 152 valence electrons. The van der Waals surface area contributed by atoms with Gasteiger partial charge in [0.25, 0.3) is 5.91 Å². The lowest BCUT2D eigenvalue weighted by atomic mass is 10.1. The number of carbonyl (C=O) groups excluding carboxylic acids is 1. The number of ether oxygens (including phenoxy) is 1. The quantitative estimate of drug-likeness (QED) is 0.579. The monoisotopic (exact) mass is 407 g/mol. The molecular formula is C18H16F3N5O3. The highest BCUT2D eigenvalue weighted by Crippen LogP contribution is 2.27.